The minimum Gasteiger partial charge on any atom is -0.462 e. The first kappa shape index (κ1) is 6.47. The van der Waals surface area contributed by atoms with Crippen molar-refractivity contribution in [2.45, 2.75) is 18.9 Å². The Bertz CT molecular complexity index is 291. The molecule has 3 fully saturated rings. The molecule has 0 spiro atoms. The van der Waals surface area contributed by atoms with Crippen molar-refractivity contribution in [1.29, 1.82) is 5.26 Å². The van der Waals surface area contributed by atoms with Crippen molar-refractivity contribution in [3.63, 3.8) is 0 Å². The van der Waals surface area contributed by atoms with E-state index in [-0.39, 0.29) is 23.9 Å². The lowest BCUT2D eigenvalue weighted by Gasteiger charge is -2.17. The Morgan fingerprint density at radius 2 is 2.33 bits per heavy atom. The SMILES string of the molecule is N#C[C@@H]1[C@H]2C[C@H]3[C@@H]1C(=O)O[C@H]3C2. The first-order valence-corrected chi connectivity index (χ1v) is 4.41. The van der Waals surface area contributed by atoms with Crippen molar-refractivity contribution in [1.82, 2.24) is 0 Å². The van der Waals surface area contributed by atoms with Gasteiger partial charge in [-0.1, -0.05) is 0 Å². The smallest absolute Gasteiger partial charge is 0.310 e. The second-order valence-electron chi connectivity index (χ2n) is 4.05. The van der Waals surface area contributed by atoms with Crippen LogP contribution in [0.1, 0.15) is 12.8 Å². The van der Waals surface area contributed by atoms with Gasteiger partial charge in [-0.05, 0) is 18.8 Å². The average Bonchev–Trinajstić information content (AvgIpc) is 2.61. The predicted molar refractivity (Wildman–Crippen MR) is 38.7 cm³/mol. The van der Waals surface area contributed by atoms with Gasteiger partial charge in [-0.2, -0.15) is 5.26 Å². The first-order chi connectivity index (χ1) is 5.81. The summed E-state index contributed by atoms with van der Waals surface area (Å²) in [6.07, 6.45) is 2.14. The Balaban J connectivity index is 2.05. The maximum absolute atomic E-state index is 11.3. The zero-order valence-electron chi connectivity index (χ0n) is 6.56. The van der Waals surface area contributed by atoms with Crippen LogP contribution >= 0.6 is 0 Å². The Labute approximate surface area is 70.3 Å². The van der Waals surface area contributed by atoms with Crippen LogP contribution in [0.2, 0.25) is 0 Å². The molecule has 1 heterocycles. The van der Waals surface area contributed by atoms with Crippen LogP contribution < -0.4 is 0 Å². The largest absolute Gasteiger partial charge is 0.462 e. The van der Waals surface area contributed by atoms with Crippen LogP contribution in [0.15, 0.2) is 0 Å². The van der Waals surface area contributed by atoms with E-state index >= 15 is 0 Å². The van der Waals surface area contributed by atoms with E-state index < -0.39 is 0 Å². The third kappa shape index (κ3) is 0.523. The van der Waals surface area contributed by atoms with Crippen molar-refractivity contribution >= 4 is 5.97 Å². The van der Waals surface area contributed by atoms with Gasteiger partial charge >= 0.3 is 5.97 Å². The molecule has 12 heavy (non-hydrogen) atoms. The molecule has 0 unspecified atom stereocenters. The fraction of sp³-hybridized carbons (Fsp3) is 0.778. The lowest BCUT2D eigenvalue weighted by Crippen LogP contribution is -2.24. The number of hydrogen-bond acceptors (Lipinski definition) is 3. The van der Waals surface area contributed by atoms with E-state index in [1.807, 2.05) is 0 Å². The number of fused-ring (bicyclic) bond motifs is 1. The van der Waals surface area contributed by atoms with E-state index in [0.717, 1.165) is 12.8 Å². The molecule has 2 saturated carbocycles. The molecule has 0 amide bonds. The molecule has 1 saturated heterocycles. The summed E-state index contributed by atoms with van der Waals surface area (Å²) in [5, 5.41) is 8.87. The molecule has 2 aliphatic carbocycles. The maximum atomic E-state index is 11.3. The van der Waals surface area contributed by atoms with E-state index in [2.05, 4.69) is 6.07 Å². The Hall–Kier alpha value is -1.04. The lowest BCUT2D eigenvalue weighted by atomic mass is 9.81. The molecule has 2 bridgehead atoms. The number of nitrogens with zero attached hydrogens (tertiary/aromatic N) is 1. The van der Waals surface area contributed by atoms with Crippen molar-refractivity contribution in [3.05, 3.63) is 0 Å². The summed E-state index contributed by atoms with van der Waals surface area (Å²) < 4.78 is 5.18. The summed E-state index contributed by atoms with van der Waals surface area (Å²) in [7, 11) is 0. The third-order valence-corrected chi connectivity index (χ3v) is 3.63. The van der Waals surface area contributed by atoms with Gasteiger partial charge in [-0.25, -0.2) is 0 Å². The molecule has 1 aliphatic heterocycles. The van der Waals surface area contributed by atoms with Gasteiger partial charge in [0.1, 0.15) is 6.10 Å². The Morgan fingerprint density at radius 1 is 1.50 bits per heavy atom. The fourth-order valence-corrected chi connectivity index (χ4v) is 3.17. The molecular weight excluding hydrogens is 154 g/mol. The van der Waals surface area contributed by atoms with Gasteiger partial charge in [-0.15, -0.1) is 0 Å². The number of ether oxygens (including phenoxy) is 1. The highest BCUT2D eigenvalue weighted by atomic mass is 16.6. The summed E-state index contributed by atoms with van der Waals surface area (Å²) in [4.78, 5) is 11.3. The van der Waals surface area contributed by atoms with Gasteiger partial charge in [0.15, 0.2) is 0 Å². The summed E-state index contributed by atoms with van der Waals surface area (Å²) in [6.45, 7) is 0. The Kier molecular flexibility index (Phi) is 0.982. The first-order valence-electron chi connectivity index (χ1n) is 4.41. The van der Waals surface area contributed by atoms with Crippen molar-refractivity contribution in [2.24, 2.45) is 23.7 Å². The number of rotatable bonds is 0. The van der Waals surface area contributed by atoms with Crippen LogP contribution in [0.3, 0.4) is 0 Å². The predicted octanol–water partition coefficient (Wildman–Crippen LogP) is 0.708. The second kappa shape index (κ2) is 1.82. The molecule has 0 aromatic carbocycles. The standard InChI is InChI=1S/C9H9NO2/c10-3-6-4-1-5-7(2-4)12-9(11)8(5)6/h4-8H,1-2H2/t4-,5+,6+,7-,8-/m0/s1. The molecule has 62 valence electrons. The highest BCUT2D eigenvalue weighted by molar-refractivity contribution is 5.77. The van der Waals surface area contributed by atoms with Gasteiger partial charge in [-0.3, -0.25) is 4.79 Å². The summed E-state index contributed by atoms with van der Waals surface area (Å²) in [5.41, 5.74) is 0. The number of carbonyl (C=O) groups excluding carboxylic acids is 1. The molecule has 3 nitrogen and oxygen atoms in total. The highest BCUT2D eigenvalue weighted by Crippen LogP contribution is 2.57. The van der Waals surface area contributed by atoms with Gasteiger partial charge < -0.3 is 4.74 Å². The van der Waals surface area contributed by atoms with Gasteiger partial charge in [0, 0.05) is 5.92 Å². The van der Waals surface area contributed by atoms with Crippen LogP contribution in [0.25, 0.3) is 0 Å². The molecule has 0 N–H and O–H groups in total. The van der Waals surface area contributed by atoms with Crippen molar-refractivity contribution < 1.29 is 9.53 Å². The second-order valence-corrected chi connectivity index (χ2v) is 4.05. The van der Waals surface area contributed by atoms with Crippen LogP contribution in [0.5, 0.6) is 0 Å². The molecule has 0 radical (unpaired) electrons. The summed E-state index contributed by atoms with van der Waals surface area (Å²) in [6, 6.07) is 2.25. The zero-order chi connectivity index (χ0) is 8.29. The lowest BCUT2D eigenvalue weighted by molar-refractivity contribution is -0.143. The molecule has 3 heteroatoms. The monoisotopic (exact) mass is 163 g/mol. The van der Waals surface area contributed by atoms with Crippen LogP contribution in [-0.4, -0.2) is 12.1 Å². The molecular formula is C9H9NO2. The minimum absolute atomic E-state index is 0.0405. The molecule has 0 aromatic heterocycles. The van der Waals surface area contributed by atoms with E-state index in [1.165, 1.54) is 0 Å². The van der Waals surface area contributed by atoms with Gasteiger partial charge in [0.2, 0.25) is 0 Å². The number of hydrogen-bond donors (Lipinski definition) is 0. The summed E-state index contributed by atoms with van der Waals surface area (Å²) in [5.74, 6) is 0.602. The van der Waals surface area contributed by atoms with Gasteiger partial charge in [0.05, 0.1) is 17.9 Å². The van der Waals surface area contributed by atoms with Crippen molar-refractivity contribution in [2.75, 3.05) is 0 Å². The van der Waals surface area contributed by atoms with Crippen LogP contribution in [0, 0.1) is 35.0 Å². The normalized spacial score (nSPS) is 53.9. The fourth-order valence-electron chi connectivity index (χ4n) is 3.17. The summed E-state index contributed by atoms with van der Waals surface area (Å²) >= 11 is 0. The topological polar surface area (TPSA) is 50.1 Å². The third-order valence-electron chi connectivity index (χ3n) is 3.63. The molecule has 0 aromatic rings. The maximum Gasteiger partial charge on any atom is 0.310 e. The molecule has 3 rings (SSSR count). The zero-order valence-corrected chi connectivity index (χ0v) is 6.56. The Morgan fingerprint density at radius 3 is 3.08 bits per heavy atom. The molecule has 5 atom stereocenters. The van der Waals surface area contributed by atoms with Gasteiger partial charge in [0.25, 0.3) is 0 Å². The number of nitriles is 1. The van der Waals surface area contributed by atoms with E-state index in [1.54, 1.807) is 0 Å². The van der Waals surface area contributed by atoms with E-state index in [0.29, 0.717) is 11.8 Å². The minimum atomic E-state index is -0.114. The number of carbonyl (C=O) groups is 1. The van der Waals surface area contributed by atoms with E-state index in [4.69, 9.17) is 10.00 Å². The highest BCUT2D eigenvalue weighted by Gasteiger charge is 2.62. The van der Waals surface area contributed by atoms with Crippen molar-refractivity contribution in [3.8, 4) is 6.07 Å². The van der Waals surface area contributed by atoms with Crippen LogP contribution in [-0.2, 0) is 9.53 Å². The number of esters is 1. The van der Waals surface area contributed by atoms with Crippen LogP contribution in [0.4, 0.5) is 0 Å². The van der Waals surface area contributed by atoms with E-state index in [9.17, 15) is 4.79 Å². The quantitative estimate of drug-likeness (QED) is 0.494. The average molecular weight is 163 g/mol. The molecule has 3 aliphatic rings.